The standard InChI is InChI=1S/C12H21N3O4/c1-7-4-2-3-5-8(7)14-12(19)15-9(11(17)18)6-10(13)16/h7-9H,2-6H2,1H3,(H2,13,16)(H,17,18)(H2,14,15,19)/t7?,8?,9-/m1/s1. The highest BCUT2D eigenvalue weighted by Gasteiger charge is 2.26. The molecule has 1 rings (SSSR count). The van der Waals surface area contributed by atoms with Crippen molar-refractivity contribution in [2.75, 3.05) is 0 Å². The Morgan fingerprint density at radius 3 is 2.47 bits per heavy atom. The molecule has 0 aromatic rings. The number of urea groups is 1. The Labute approximate surface area is 111 Å². The van der Waals surface area contributed by atoms with Crippen LogP contribution in [0.3, 0.4) is 0 Å². The first kappa shape index (κ1) is 15.3. The minimum Gasteiger partial charge on any atom is -0.480 e. The van der Waals surface area contributed by atoms with Crippen LogP contribution in [0.25, 0.3) is 0 Å². The van der Waals surface area contributed by atoms with Crippen LogP contribution in [0.2, 0.25) is 0 Å². The molecule has 1 saturated carbocycles. The highest BCUT2D eigenvalue weighted by Crippen LogP contribution is 2.23. The smallest absolute Gasteiger partial charge is 0.326 e. The maximum atomic E-state index is 11.7. The van der Waals surface area contributed by atoms with Crippen LogP contribution in [0, 0.1) is 5.92 Å². The zero-order valence-corrected chi connectivity index (χ0v) is 11.0. The lowest BCUT2D eigenvalue weighted by molar-refractivity contribution is -0.140. The lowest BCUT2D eigenvalue weighted by Crippen LogP contribution is -2.51. The first-order valence-corrected chi connectivity index (χ1v) is 6.48. The topological polar surface area (TPSA) is 122 Å². The van der Waals surface area contributed by atoms with Gasteiger partial charge in [-0.25, -0.2) is 9.59 Å². The van der Waals surface area contributed by atoms with Crippen molar-refractivity contribution in [2.45, 2.75) is 51.1 Å². The molecule has 1 fully saturated rings. The van der Waals surface area contributed by atoms with Gasteiger partial charge in [0.05, 0.1) is 6.42 Å². The van der Waals surface area contributed by atoms with Gasteiger partial charge in [0, 0.05) is 6.04 Å². The third-order valence-electron chi connectivity index (χ3n) is 3.44. The van der Waals surface area contributed by atoms with E-state index in [1.165, 1.54) is 0 Å². The van der Waals surface area contributed by atoms with Crippen molar-refractivity contribution in [3.63, 3.8) is 0 Å². The highest BCUT2D eigenvalue weighted by molar-refractivity contribution is 5.87. The molecule has 0 aliphatic heterocycles. The second kappa shape index (κ2) is 6.96. The molecule has 3 amide bonds. The van der Waals surface area contributed by atoms with Gasteiger partial charge in [-0.3, -0.25) is 4.79 Å². The fraction of sp³-hybridized carbons (Fsp3) is 0.750. The quantitative estimate of drug-likeness (QED) is 0.570. The van der Waals surface area contributed by atoms with Crippen LogP contribution in [0.4, 0.5) is 4.79 Å². The summed E-state index contributed by atoms with van der Waals surface area (Å²) >= 11 is 0. The summed E-state index contributed by atoms with van der Waals surface area (Å²) in [6.07, 6.45) is 3.74. The summed E-state index contributed by atoms with van der Waals surface area (Å²) in [5.41, 5.74) is 4.94. The number of primary amides is 1. The molecule has 0 spiro atoms. The van der Waals surface area contributed by atoms with Gasteiger partial charge >= 0.3 is 12.0 Å². The molecule has 7 nitrogen and oxygen atoms in total. The number of hydrogen-bond acceptors (Lipinski definition) is 3. The predicted molar refractivity (Wildman–Crippen MR) is 68.3 cm³/mol. The van der Waals surface area contributed by atoms with E-state index in [2.05, 4.69) is 17.6 Å². The zero-order chi connectivity index (χ0) is 14.4. The largest absolute Gasteiger partial charge is 0.480 e. The first-order valence-electron chi connectivity index (χ1n) is 6.48. The average Bonchev–Trinajstić information content (AvgIpc) is 2.30. The van der Waals surface area contributed by atoms with E-state index in [0.29, 0.717) is 5.92 Å². The van der Waals surface area contributed by atoms with Gasteiger partial charge < -0.3 is 21.5 Å². The van der Waals surface area contributed by atoms with Crippen molar-refractivity contribution < 1.29 is 19.5 Å². The minimum atomic E-state index is -1.28. The molecule has 0 radical (unpaired) electrons. The van der Waals surface area contributed by atoms with Gasteiger partial charge in [0.2, 0.25) is 5.91 Å². The molecule has 1 aliphatic rings. The Morgan fingerprint density at radius 1 is 1.32 bits per heavy atom. The van der Waals surface area contributed by atoms with Crippen LogP contribution in [-0.4, -0.2) is 35.1 Å². The lowest BCUT2D eigenvalue weighted by Gasteiger charge is -2.29. The summed E-state index contributed by atoms with van der Waals surface area (Å²) in [7, 11) is 0. The summed E-state index contributed by atoms with van der Waals surface area (Å²) in [5, 5.41) is 13.9. The van der Waals surface area contributed by atoms with Crippen LogP contribution in [-0.2, 0) is 9.59 Å². The van der Waals surface area contributed by atoms with Gasteiger partial charge in [-0.2, -0.15) is 0 Å². The van der Waals surface area contributed by atoms with Gasteiger partial charge in [0.25, 0.3) is 0 Å². The van der Waals surface area contributed by atoms with Crippen LogP contribution in [0.1, 0.15) is 39.0 Å². The van der Waals surface area contributed by atoms with Crippen LogP contribution >= 0.6 is 0 Å². The lowest BCUT2D eigenvalue weighted by atomic mass is 9.86. The molecule has 19 heavy (non-hydrogen) atoms. The second-order valence-corrected chi connectivity index (χ2v) is 5.05. The molecule has 2 unspecified atom stereocenters. The van der Waals surface area contributed by atoms with Crippen molar-refractivity contribution in [1.29, 1.82) is 0 Å². The number of carboxylic acid groups (broad SMARTS) is 1. The van der Waals surface area contributed by atoms with E-state index in [9.17, 15) is 14.4 Å². The Hall–Kier alpha value is -1.79. The molecule has 5 N–H and O–H groups in total. The van der Waals surface area contributed by atoms with Gasteiger partial charge in [0.15, 0.2) is 0 Å². The van der Waals surface area contributed by atoms with E-state index in [-0.39, 0.29) is 6.04 Å². The average molecular weight is 271 g/mol. The van der Waals surface area contributed by atoms with E-state index in [1.807, 2.05) is 0 Å². The molecular weight excluding hydrogens is 250 g/mol. The molecular formula is C12H21N3O4. The van der Waals surface area contributed by atoms with Gasteiger partial charge in [-0.1, -0.05) is 19.8 Å². The third-order valence-corrected chi connectivity index (χ3v) is 3.44. The number of nitrogens with two attached hydrogens (primary N) is 1. The Morgan fingerprint density at radius 2 is 1.95 bits per heavy atom. The summed E-state index contributed by atoms with van der Waals surface area (Å²) in [6, 6.07) is -1.79. The number of aliphatic carboxylic acids is 1. The molecule has 108 valence electrons. The number of carboxylic acids is 1. The molecule has 0 saturated heterocycles. The number of hydrogen-bond donors (Lipinski definition) is 4. The Kier molecular flexibility index (Phi) is 5.59. The molecule has 0 heterocycles. The fourth-order valence-electron chi connectivity index (χ4n) is 2.30. The summed E-state index contributed by atoms with van der Waals surface area (Å²) in [4.78, 5) is 33.3. The normalized spacial score (nSPS) is 24.3. The fourth-order valence-corrected chi connectivity index (χ4v) is 2.30. The summed E-state index contributed by atoms with van der Waals surface area (Å²) < 4.78 is 0. The summed E-state index contributed by atoms with van der Waals surface area (Å²) in [5.74, 6) is -1.66. The maximum Gasteiger partial charge on any atom is 0.326 e. The van der Waals surface area contributed by atoms with Crippen molar-refractivity contribution in [1.82, 2.24) is 10.6 Å². The van der Waals surface area contributed by atoms with E-state index >= 15 is 0 Å². The molecule has 3 atom stereocenters. The van der Waals surface area contributed by atoms with E-state index < -0.39 is 30.4 Å². The molecule has 0 aromatic heterocycles. The number of carbonyl (C=O) groups excluding carboxylic acids is 2. The Bertz CT molecular complexity index is 359. The summed E-state index contributed by atoms with van der Waals surface area (Å²) in [6.45, 7) is 2.06. The SMILES string of the molecule is CC1CCCCC1NC(=O)N[C@H](CC(N)=O)C(=O)O. The van der Waals surface area contributed by atoms with E-state index in [1.54, 1.807) is 0 Å². The van der Waals surface area contributed by atoms with Crippen LogP contribution < -0.4 is 16.4 Å². The second-order valence-electron chi connectivity index (χ2n) is 5.05. The van der Waals surface area contributed by atoms with Crippen molar-refractivity contribution in [2.24, 2.45) is 11.7 Å². The molecule has 7 heteroatoms. The third kappa shape index (κ3) is 5.15. The van der Waals surface area contributed by atoms with Crippen LogP contribution in [0.15, 0.2) is 0 Å². The van der Waals surface area contributed by atoms with E-state index in [0.717, 1.165) is 25.7 Å². The zero-order valence-electron chi connectivity index (χ0n) is 11.0. The van der Waals surface area contributed by atoms with Crippen molar-refractivity contribution in [3.05, 3.63) is 0 Å². The number of nitrogens with one attached hydrogen (secondary N) is 2. The minimum absolute atomic E-state index is 0.0526. The monoisotopic (exact) mass is 271 g/mol. The van der Waals surface area contributed by atoms with Gasteiger partial charge in [0.1, 0.15) is 6.04 Å². The van der Waals surface area contributed by atoms with Crippen molar-refractivity contribution in [3.8, 4) is 0 Å². The predicted octanol–water partition coefficient (Wildman–Crippen LogP) is 0.193. The highest BCUT2D eigenvalue weighted by atomic mass is 16.4. The number of rotatable bonds is 5. The van der Waals surface area contributed by atoms with Crippen molar-refractivity contribution >= 4 is 17.9 Å². The number of carbonyl (C=O) groups is 3. The van der Waals surface area contributed by atoms with Gasteiger partial charge in [-0.05, 0) is 18.8 Å². The van der Waals surface area contributed by atoms with E-state index in [4.69, 9.17) is 10.8 Å². The molecule has 0 aromatic carbocycles. The first-order chi connectivity index (χ1) is 8.90. The maximum absolute atomic E-state index is 11.7. The Balaban J connectivity index is 2.47. The molecule has 1 aliphatic carbocycles. The van der Waals surface area contributed by atoms with Crippen LogP contribution in [0.5, 0.6) is 0 Å². The molecule has 0 bridgehead atoms. The number of amides is 3. The van der Waals surface area contributed by atoms with Gasteiger partial charge in [-0.15, -0.1) is 0 Å².